The molecule has 0 saturated carbocycles. The second-order valence-electron chi connectivity index (χ2n) is 6.26. The summed E-state index contributed by atoms with van der Waals surface area (Å²) in [4.78, 5) is 12.4. The number of ether oxygens (including phenoxy) is 2. The summed E-state index contributed by atoms with van der Waals surface area (Å²) in [5.41, 5.74) is 0.0673. The van der Waals surface area contributed by atoms with Gasteiger partial charge in [-0.1, -0.05) is 23.2 Å². The molecule has 3 rings (SSSR count). The van der Waals surface area contributed by atoms with E-state index in [0.29, 0.717) is 11.6 Å². The Balaban J connectivity index is 1.92. The molecule has 9 nitrogen and oxygen atoms in total. The molecule has 0 fully saturated rings. The molecule has 31 heavy (non-hydrogen) atoms. The number of methoxy groups -OCH3 is 2. The SMILES string of the molecule is COc1cc(OC)c(NS(=O)(=O)c2ccc(Cl)c(C(=O)Nc3ccn(C)n3)c2)cc1Cl. The summed E-state index contributed by atoms with van der Waals surface area (Å²) in [5, 5.41) is 6.88. The first-order chi connectivity index (χ1) is 14.6. The lowest BCUT2D eigenvalue weighted by Gasteiger charge is -2.15. The van der Waals surface area contributed by atoms with Crippen molar-refractivity contribution in [1.29, 1.82) is 0 Å². The number of hydrogen-bond donors (Lipinski definition) is 2. The van der Waals surface area contributed by atoms with Gasteiger partial charge in [0.15, 0.2) is 5.82 Å². The fourth-order valence-electron chi connectivity index (χ4n) is 2.65. The first kappa shape index (κ1) is 22.7. The number of aromatic nitrogens is 2. The molecule has 0 atom stereocenters. The van der Waals surface area contributed by atoms with Gasteiger partial charge in [0.05, 0.1) is 40.4 Å². The van der Waals surface area contributed by atoms with Gasteiger partial charge in [-0.05, 0) is 24.3 Å². The van der Waals surface area contributed by atoms with E-state index >= 15 is 0 Å². The molecule has 0 unspecified atom stereocenters. The lowest BCUT2D eigenvalue weighted by molar-refractivity contribution is 0.102. The molecule has 2 N–H and O–H groups in total. The van der Waals surface area contributed by atoms with Gasteiger partial charge in [-0.25, -0.2) is 8.42 Å². The standard InChI is InChI=1S/C19H18Cl2N4O5S/c1-25-7-6-18(23-25)22-19(26)12-8-11(4-5-13(12)20)31(27,28)24-15-9-14(21)16(29-2)10-17(15)30-3/h4-10,24H,1-3H3,(H,22,23,26). The molecule has 0 saturated heterocycles. The van der Waals surface area contributed by atoms with E-state index in [4.69, 9.17) is 32.7 Å². The minimum Gasteiger partial charge on any atom is -0.495 e. The lowest BCUT2D eigenvalue weighted by atomic mass is 10.2. The summed E-state index contributed by atoms with van der Waals surface area (Å²) in [6.07, 6.45) is 1.65. The molecule has 0 aliphatic heterocycles. The van der Waals surface area contributed by atoms with Crippen molar-refractivity contribution in [2.24, 2.45) is 7.05 Å². The normalized spacial score (nSPS) is 11.1. The van der Waals surface area contributed by atoms with Gasteiger partial charge in [0.2, 0.25) is 0 Å². The molecule has 164 valence electrons. The third-order valence-corrected chi connectivity index (χ3v) is 6.15. The molecule has 0 aliphatic carbocycles. The van der Waals surface area contributed by atoms with Crippen molar-refractivity contribution in [2.75, 3.05) is 24.3 Å². The number of nitrogens with zero attached hydrogens (tertiary/aromatic N) is 2. The maximum absolute atomic E-state index is 13.0. The molecular weight excluding hydrogens is 467 g/mol. The zero-order valence-corrected chi connectivity index (χ0v) is 19.0. The number of benzene rings is 2. The smallest absolute Gasteiger partial charge is 0.262 e. The number of carbonyl (C=O) groups is 1. The van der Waals surface area contributed by atoms with E-state index in [-0.39, 0.29) is 31.9 Å². The van der Waals surface area contributed by atoms with Gasteiger partial charge in [0, 0.05) is 25.4 Å². The van der Waals surface area contributed by atoms with Crippen molar-refractivity contribution >= 4 is 50.6 Å². The maximum Gasteiger partial charge on any atom is 0.262 e. The number of anilines is 2. The molecule has 3 aromatic rings. The third-order valence-electron chi connectivity index (χ3n) is 4.17. The Kier molecular flexibility index (Phi) is 6.63. The highest BCUT2D eigenvalue weighted by Crippen LogP contribution is 2.37. The average molecular weight is 485 g/mol. The van der Waals surface area contributed by atoms with Crippen molar-refractivity contribution in [3.05, 3.63) is 58.2 Å². The van der Waals surface area contributed by atoms with Crippen LogP contribution in [0.3, 0.4) is 0 Å². The summed E-state index contributed by atoms with van der Waals surface area (Å²) in [5.74, 6) is 0.215. The van der Waals surface area contributed by atoms with E-state index < -0.39 is 15.9 Å². The Labute approximate surface area is 188 Å². The second-order valence-corrected chi connectivity index (χ2v) is 8.76. The van der Waals surface area contributed by atoms with E-state index in [1.54, 1.807) is 19.3 Å². The maximum atomic E-state index is 13.0. The topological polar surface area (TPSA) is 112 Å². The zero-order valence-electron chi connectivity index (χ0n) is 16.6. The van der Waals surface area contributed by atoms with E-state index in [0.717, 1.165) is 0 Å². The Hall–Kier alpha value is -2.95. The number of hydrogen-bond acceptors (Lipinski definition) is 6. The van der Waals surface area contributed by atoms with Crippen LogP contribution >= 0.6 is 23.2 Å². The van der Waals surface area contributed by atoms with E-state index in [1.807, 2.05) is 0 Å². The summed E-state index contributed by atoms with van der Waals surface area (Å²) in [7, 11) is 0.388. The Morgan fingerprint density at radius 1 is 1.03 bits per heavy atom. The molecular formula is C19H18Cl2N4O5S. The summed E-state index contributed by atoms with van der Waals surface area (Å²) in [6.45, 7) is 0. The van der Waals surface area contributed by atoms with Crippen molar-refractivity contribution in [2.45, 2.75) is 4.90 Å². The summed E-state index contributed by atoms with van der Waals surface area (Å²) >= 11 is 12.2. The Bertz CT molecular complexity index is 1240. The second kappa shape index (κ2) is 9.04. The van der Waals surface area contributed by atoms with Crippen LogP contribution in [-0.4, -0.2) is 38.3 Å². The molecule has 0 radical (unpaired) electrons. The van der Waals surface area contributed by atoms with Crippen LogP contribution in [-0.2, 0) is 17.1 Å². The van der Waals surface area contributed by atoms with Crippen molar-refractivity contribution in [3.8, 4) is 11.5 Å². The zero-order chi connectivity index (χ0) is 22.8. The third kappa shape index (κ3) is 5.04. The first-order valence-corrected chi connectivity index (χ1v) is 10.9. The van der Waals surface area contributed by atoms with Crippen LogP contribution < -0.4 is 19.5 Å². The van der Waals surface area contributed by atoms with Crippen LogP contribution in [0.5, 0.6) is 11.5 Å². The predicted octanol–water partition coefficient (Wildman–Crippen LogP) is 3.80. The minimum absolute atomic E-state index is 0.0325. The fraction of sp³-hybridized carbons (Fsp3) is 0.158. The number of aryl methyl sites for hydroxylation is 1. The number of sulfonamides is 1. The van der Waals surface area contributed by atoms with Crippen LogP contribution in [0.1, 0.15) is 10.4 Å². The van der Waals surface area contributed by atoms with E-state index in [9.17, 15) is 13.2 Å². The van der Waals surface area contributed by atoms with Crippen LogP contribution in [0.15, 0.2) is 47.5 Å². The quantitative estimate of drug-likeness (QED) is 0.527. The van der Waals surface area contributed by atoms with Crippen LogP contribution in [0.4, 0.5) is 11.5 Å². The first-order valence-electron chi connectivity index (χ1n) is 8.69. The van der Waals surface area contributed by atoms with Gasteiger partial charge < -0.3 is 14.8 Å². The van der Waals surface area contributed by atoms with Gasteiger partial charge in [0.1, 0.15) is 11.5 Å². The molecule has 0 aliphatic rings. The van der Waals surface area contributed by atoms with Gasteiger partial charge in [-0.2, -0.15) is 5.10 Å². The highest BCUT2D eigenvalue weighted by molar-refractivity contribution is 7.92. The molecule has 0 bridgehead atoms. The minimum atomic E-state index is -4.11. The van der Waals surface area contributed by atoms with Gasteiger partial charge in [-0.3, -0.25) is 14.2 Å². The average Bonchev–Trinajstić information content (AvgIpc) is 3.12. The van der Waals surface area contributed by atoms with Crippen molar-refractivity contribution in [1.82, 2.24) is 9.78 Å². The predicted molar refractivity (Wildman–Crippen MR) is 118 cm³/mol. The molecule has 2 aromatic carbocycles. The van der Waals surface area contributed by atoms with E-state index in [1.165, 1.54) is 49.2 Å². The van der Waals surface area contributed by atoms with Gasteiger partial charge in [0.25, 0.3) is 15.9 Å². The fourth-order valence-corrected chi connectivity index (χ4v) is 4.19. The summed E-state index contributed by atoms with van der Waals surface area (Å²) < 4.78 is 40.1. The largest absolute Gasteiger partial charge is 0.495 e. The molecule has 12 heteroatoms. The molecule has 1 amide bonds. The lowest BCUT2D eigenvalue weighted by Crippen LogP contribution is -2.17. The van der Waals surface area contributed by atoms with Gasteiger partial charge >= 0.3 is 0 Å². The van der Waals surface area contributed by atoms with E-state index in [2.05, 4.69) is 15.1 Å². The molecule has 0 spiro atoms. The number of amides is 1. The monoisotopic (exact) mass is 484 g/mol. The number of carbonyl (C=O) groups excluding carboxylic acids is 1. The molecule has 1 aromatic heterocycles. The van der Waals surface area contributed by atoms with Crippen LogP contribution in [0, 0.1) is 0 Å². The number of rotatable bonds is 7. The molecule has 1 heterocycles. The van der Waals surface area contributed by atoms with Crippen LogP contribution in [0.25, 0.3) is 0 Å². The highest BCUT2D eigenvalue weighted by Gasteiger charge is 2.22. The Morgan fingerprint density at radius 3 is 2.35 bits per heavy atom. The van der Waals surface area contributed by atoms with Gasteiger partial charge in [-0.15, -0.1) is 0 Å². The van der Waals surface area contributed by atoms with Crippen molar-refractivity contribution in [3.63, 3.8) is 0 Å². The van der Waals surface area contributed by atoms with Crippen molar-refractivity contribution < 1.29 is 22.7 Å². The Morgan fingerprint density at radius 2 is 1.74 bits per heavy atom. The summed E-state index contributed by atoms with van der Waals surface area (Å²) in [6, 6.07) is 8.17. The number of halogens is 2. The van der Waals surface area contributed by atoms with Crippen LogP contribution in [0.2, 0.25) is 10.0 Å². The highest BCUT2D eigenvalue weighted by atomic mass is 35.5. The number of nitrogens with one attached hydrogen (secondary N) is 2.